The average molecular weight is 159 g/mol. The van der Waals surface area contributed by atoms with Gasteiger partial charge in [-0.05, 0) is 11.6 Å². The second-order valence-electron chi connectivity index (χ2n) is 2.35. The molecule has 0 fully saturated rings. The Morgan fingerprint density at radius 2 is 2.08 bits per heavy atom. The van der Waals surface area contributed by atoms with Crippen molar-refractivity contribution in [3.8, 4) is 6.07 Å². The summed E-state index contributed by atoms with van der Waals surface area (Å²) in [6.45, 7) is -0.203. The summed E-state index contributed by atoms with van der Waals surface area (Å²) in [5.74, 6) is 0. The minimum atomic E-state index is -0.203. The minimum Gasteiger partial charge on any atom is -0.391 e. The second kappa shape index (κ2) is 4.32. The quantitative estimate of drug-likeness (QED) is 0.666. The lowest BCUT2D eigenvalue weighted by Crippen LogP contribution is -1.85. The molecule has 0 aliphatic rings. The highest BCUT2D eigenvalue weighted by molar-refractivity contribution is 5.56. The van der Waals surface area contributed by atoms with Crippen LogP contribution in [0.25, 0.3) is 6.08 Å². The van der Waals surface area contributed by atoms with Crippen molar-refractivity contribution < 1.29 is 5.11 Å². The first-order valence-electron chi connectivity index (χ1n) is 3.63. The second-order valence-corrected chi connectivity index (χ2v) is 2.35. The first-order valence-corrected chi connectivity index (χ1v) is 3.63. The Hall–Kier alpha value is -1.59. The van der Waals surface area contributed by atoms with Gasteiger partial charge in [0.1, 0.15) is 0 Å². The fourth-order valence-corrected chi connectivity index (χ4v) is 0.864. The van der Waals surface area contributed by atoms with Crippen molar-refractivity contribution in [2.45, 2.75) is 0 Å². The predicted octanol–water partition coefficient (Wildman–Crippen LogP) is 1.59. The summed E-state index contributed by atoms with van der Waals surface area (Å²) in [5.41, 5.74) is 1.31. The summed E-state index contributed by atoms with van der Waals surface area (Å²) in [6, 6.07) is 11.4. The van der Waals surface area contributed by atoms with Crippen molar-refractivity contribution in [1.29, 1.82) is 5.26 Å². The molecule has 0 aromatic heterocycles. The van der Waals surface area contributed by atoms with Gasteiger partial charge >= 0.3 is 0 Å². The molecule has 1 N–H and O–H groups in total. The van der Waals surface area contributed by atoms with Gasteiger partial charge in [-0.25, -0.2) is 0 Å². The number of rotatable bonds is 2. The van der Waals surface area contributed by atoms with Gasteiger partial charge < -0.3 is 5.11 Å². The van der Waals surface area contributed by atoms with Crippen molar-refractivity contribution in [2.75, 3.05) is 6.61 Å². The van der Waals surface area contributed by atoms with Gasteiger partial charge in [0.25, 0.3) is 0 Å². The minimum absolute atomic E-state index is 0.203. The maximum Gasteiger partial charge on any atom is 0.0971 e. The lowest BCUT2D eigenvalue weighted by Gasteiger charge is -1.92. The number of nitriles is 1. The summed E-state index contributed by atoms with van der Waals surface area (Å²) < 4.78 is 0. The molecule has 2 heteroatoms. The van der Waals surface area contributed by atoms with E-state index in [9.17, 15) is 0 Å². The van der Waals surface area contributed by atoms with Crippen molar-refractivity contribution >= 4 is 6.08 Å². The Morgan fingerprint density at radius 3 is 2.58 bits per heavy atom. The van der Waals surface area contributed by atoms with E-state index < -0.39 is 0 Å². The molecule has 0 atom stereocenters. The number of nitrogens with zero attached hydrogens (tertiary/aromatic N) is 1. The molecule has 0 unspecified atom stereocenters. The topological polar surface area (TPSA) is 44.0 Å². The molecule has 1 rings (SSSR count). The highest BCUT2D eigenvalue weighted by Crippen LogP contribution is 2.04. The third kappa shape index (κ3) is 2.22. The van der Waals surface area contributed by atoms with Crippen molar-refractivity contribution in [3.05, 3.63) is 41.5 Å². The molecule has 0 saturated carbocycles. The number of hydrogen-bond donors (Lipinski definition) is 1. The third-order valence-corrected chi connectivity index (χ3v) is 1.45. The van der Waals surface area contributed by atoms with Crippen LogP contribution in [-0.4, -0.2) is 11.7 Å². The molecule has 2 nitrogen and oxygen atoms in total. The monoisotopic (exact) mass is 159 g/mol. The molecule has 0 aliphatic heterocycles. The lowest BCUT2D eigenvalue weighted by molar-refractivity contribution is 0.337. The van der Waals surface area contributed by atoms with E-state index in [2.05, 4.69) is 0 Å². The molecule has 0 amide bonds. The first kappa shape index (κ1) is 8.51. The standard InChI is InChI=1S/C10H9NO/c11-7-10(8-12)6-9-4-2-1-3-5-9/h1-6,12H,8H2. The van der Waals surface area contributed by atoms with Crippen LogP contribution in [-0.2, 0) is 0 Å². The summed E-state index contributed by atoms with van der Waals surface area (Å²) >= 11 is 0. The Bertz CT molecular complexity index is 308. The van der Waals surface area contributed by atoms with Gasteiger partial charge in [0.15, 0.2) is 0 Å². The fourth-order valence-electron chi connectivity index (χ4n) is 0.864. The number of aliphatic hydroxyl groups is 1. The maximum absolute atomic E-state index is 8.70. The van der Waals surface area contributed by atoms with Gasteiger partial charge in [-0.2, -0.15) is 5.26 Å². The number of aliphatic hydroxyl groups excluding tert-OH is 1. The molecule has 0 heterocycles. The first-order chi connectivity index (χ1) is 5.86. The molecule has 60 valence electrons. The normalized spacial score (nSPS) is 10.8. The van der Waals surface area contributed by atoms with Crippen molar-refractivity contribution in [2.24, 2.45) is 0 Å². The zero-order valence-corrected chi connectivity index (χ0v) is 6.57. The molecule has 1 aromatic rings. The summed E-state index contributed by atoms with van der Waals surface area (Å²) in [7, 11) is 0. The van der Waals surface area contributed by atoms with Crippen LogP contribution in [0.1, 0.15) is 5.56 Å². The van der Waals surface area contributed by atoms with Crippen LogP contribution in [0.15, 0.2) is 35.9 Å². The van der Waals surface area contributed by atoms with Gasteiger partial charge in [-0.3, -0.25) is 0 Å². The largest absolute Gasteiger partial charge is 0.391 e. The van der Waals surface area contributed by atoms with Crippen LogP contribution in [0, 0.1) is 11.3 Å². The van der Waals surface area contributed by atoms with E-state index in [1.165, 1.54) is 0 Å². The van der Waals surface area contributed by atoms with Gasteiger partial charge in [-0.1, -0.05) is 30.3 Å². The van der Waals surface area contributed by atoms with Gasteiger partial charge in [0.2, 0.25) is 0 Å². The van der Waals surface area contributed by atoms with Crippen LogP contribution in [0.3, 0.4) is 0 Å². The Balaban J connectivity index is 2.88. The lowest BCUT2D eigenvalue weighted by atomic mass is 10.1. The average Bonchev–Trinajstić information content (AvgIpc) is 2.16. The van der Waals surface area contributed by atoms with E-state index in [4.69, 9.17) is 10.4 Å². The summed E-state index contributed by atoms with van der Waals surface area (Å²) in [5, 5.41) is 17.2. The number of hydrogen-bond acceptors (Lipinski definition) is 2. The molecule has 0 aliphatic carbocycles. The molecular weight excluding hydrogens is 150 g/mol. The van der Waals surface area contributed by atoms with Crippen molar-refractivity contribution in [3.63, 3.8) is 0 Å². The Labute approximate surface area is 71.4 Å². The van der Waals surface area contributed by atoms with Crippen LogP contribution in [0.2, 0.25) is 0 Å². The predicted molar refractivity (Wildman–Crippen MR) is 47.1 cm³/mol. The van der Waals surface area contributed by atoms with Crippen molar-refractivity contribution in [1.82, 2.24) is 0 Å². The van der Waals surface area contributed by atoms with E-state index in [0.717, 1.165) is 5.56 Å². The van der Waals surface area contributed by atoms with E-state index in [1.807, 2.05) is 36.4 Å². The molecule has 12 heavy (non-hydrogen) atoms. The maximum atomic E-state index is 8.70. The van der Waals surface area contributed by atoms with Gasteiger partial charge in [-0.15, -0.1) is 0 Å². The van der Waals surface area contributed by atoms with E-state index in [-0.39, 0.29) is 6.61 Å². The van der Waals surface area contributed by atoms with Gasteiger partial charge in [0.05, 0.1) is 18.2 Å². The van der Waals surface area contributed by atoms with E-state index in [1.54, 1.807) is 6.08 Å². The highest BCUT2D eigenvalue weighted by Gasteiger charge is 1.91. The Morgan fingerprint density at radius 1 is 1.42 bits per heavy atom. The summed E-state index contributed by atoms with van der Waals surface area (Å²) in [6.07, 6.45) is 1.67. The summed E-state index contributed by atoms with van der Waals surface area (Å²) in [4.78, 5) is 0. The van der Waals surface area contributed by atoms with E-state index >= 15 is 0 Å². The fraction of sp³-hybridized carbons (Fsp3) is 0.100. The van der Waals surface area contributed by atoms with Gasteiger partial charge in [0, 0.05) is 0 Å². The smallest absolute Gasteiger partial charge is 0.0971 e. The molecule has 0 spiro atoms. The van der Waals surface area contributed by atoms with Crippen LogP contribution >= 0.6 is 0 Å². The number of benzene rings is 1. The van der Waals surface area contributed by atoms with Crippen LogP contribution in [0.5, 0.6) is 0 Å². The third-order valence-electron chi connectivity index (χ3n) is 1.45. The zero-order valence-electron chi connectivity index (χ0n) is 6.57. The van der Waals surface area contributed by atoms with E-state index in [0.29, 0.717) is 5.57 Å². The molecule has 1 aromatic carbocycles. The molecule has 0 saturated heterocycles. The SMILES string of the molecule is N#CC(=Cc1ccccc1)CO. The molecule has 0 radical (unpaired) electrons. The highest BCUT2D eigenvalue weighted by atomic mass is 16.3. The van der Waals surface area contributed by atoms with Crippen LogP contribution < -0.4 is 0 Å². The Kier molecular flexibility index (Phi) is 3.06. The van der Waals surface area contributed by atoms with Crippen LogP contribution in [0.4, 0.5) is 0 Å². The zero-order chi connectivity index (χ0) is 8.81. The molecule has 0 bridgehead atoms. The molecular formula is C10H9NO.